The zero-order valence-electron chi connectivity index (χ0n) is 44.4. The largest absolute Gasteiger partial charge is 0.474 e. The van der Waals surface area contributed by atoms with Gasteiger partial charge in [-0.05, 0) is 73.9 Å². The lowest BCUT2D eigenvalue weighted by Crippen LogP contribution is -2.42. The van der Waals surface area contributed by atoms with Crippen LogP contribution in [0.25, 0.3) is 44.1 Å². The van der Waals surface area contributed by atoms with Gasteiger partial charge in [0.1, 0.15) is 60.9 Å². The number of aromatic nitrogens is 10. The van der Waals surface area contributed by atoms with Crippen LogP contribution in [0, 0.1) is 13.8 Å². The van der Waals surface area contributed by atoms with E-state index in [4.69, 9.17) is 30.4 Å². The molecular weight excluding hydrogens is 997 g/mol. The van der Waals surface area contributed by atoms with Crippen molar-refractivity contribution in [3.63, 3.8) is 0 Å². The third-order valence-corrected chi connectivity index (χ3v) is 14.5. The van der Waals surface area contributed by atoms with Crippen molar-refractivity contribution in [3.05, 3.63) is 83.7 Å². The van der Waals surface area contributed by atoms with Crippen molar-refractivity contribution < 1.29 is 28.5 Å². The Bertz CT molecular complexity index is 3370. The Balaban J connectivity index is 0.000000165. The lowest BCUT2D eigenvalue weighted by Gasteiger charge is -2.27. The van der Waals surface area contributed by atoms with Gasteiger partial charge in [-0.2, -0.15) is 10.2 Å². The summed E-state index contributed by atoms with van der Waals surface area (Å²) in [7, 11) is 3.29. The molecule has 0 bridgehead atoms. The van der Waals surface area contributed by atoms with Gasteiger partial charge in [-0.3, -0.25) is 19.0 Å². The average Bonchev–Trinajstić information content (AvgIpc) is 3.96. The number of nitrogens with one attached hydrogen (secondary N) is 4. The Hall–Kier alpha value is -8.90. The van der Waals surface area contributed by atoms with E-state index in [1.165, 1.54) is 0 Å². The molecule has 2 amide bonds. The van der Waals surface area contributed by atoms with Gasteiger partial charge in [0.05, 0.1) is 36.7 Å². The number of rotatable bonds is 12. The number of carbonyl (C=O) groups excluding carboxylic acids is 2. The van der Waals surface area contributed by atoms with Crippen molar-refractivity contribution >= 4 is 79.6 Å². The number of nitrogens with two attached hydrogens (primary N) is 2. The van der Waals surface area contributed by atoms with Crippen molar-refractivity contribution in [1.82, 2.24) is 59.3 Å². The van der Waals surface area contributed by atoms with E-state index in [2.05, 4.69) is 61.4 Å². The molecule has 0 radical (unpaired) electrons. The molecule has 8 aromatic rings. The molecule has 0 fully saturated rings. The van der Waals surface area contributed by atoms with Gasteiger partial charge in [-0.15, -0.1) is 0 Å². The lowest BCUT2D eigenvalue weighted by atomic mass is 10.0. The van der Waals surface area contributed by atoms with E-state index in [0.29, 0.717) is 99.0 Å². The lowest BCUT2D eigenvalue weighted by molar-refractivity contribution is -0.135. The molecule has 12 heterocycles. The zero-order chi connectivity index (χ0) is 54.2. The molecule has 0 aliphatic carbocycles. The summed E-state index contributed by atoms with van der Waals surface area (Å²) >= 11 is 0. The summed E-state index contributed by atoms with van der Waals surface area (Å²) in [4.78, 5) is 56.7. The number of nitrogen functional groups attached to an aromatic ring is 2. The standard InChI is InChI=1S/2C27H31N9O3/c2*1-15(14-38-3)35-6-4-18-10-23(34-36(18)13-24(35)37)33-22-9-17-8-21(32-26(28)20(17)12-30-22)19-11-31-27-25(16(19)2)29-5-7-39-27/h2*8-12,15,29H,4-7,13-14H2,1-3H3,(H2,28,32)(H,30,33,34)/t2*15-/m10/s1. The van der Waals surface area contributed by atoms with E-state index in [1.807, 2.05) is 73.9 Å². The highest BCUT2D eigenvalue weighted by atomic mass is 16.5. The van der Waals surface area contributed by atoms with Crippen LogP contribution < -0.4 is 42.2 Å². The molecule has 0 saturated heterocycles. The first-order valence-electron chi connectivity index (χ1n) is 25.9. The van der Waals surface area contributed by atoms with Crippen molar-refractivity contribution in [2.45, 2.75) is 65.7 Å². The fraction of sp³-hybridized carbons (Fsp3) is 0.370. The smallest absolute Gasteiger partial charge is 0.244 e. The van der Waals surface area contributed by atoms with Gasteiger partial charge in [-0.25, -0.2) is 29.9 Å². The third-order valence-electron chi connectivity index (χ3n) is 14.5. The minimum atomic E-state index is 0.0174. The minimum absolute atomic E-state index is 0.0174. The van der Waals surface area contributed by atoms with E-state index in [1.54, 1.807) is 48.4 Å². The monoisotopic (exact) mass is 1060 g/mol. The molecular formula is C54H62N18O6. The van der Waals surface area contributed by atoms with Gasteiger partial charge in [0.15, 0.2) is 11.6 Å². The molecule has 4 aliphatic rings. The first-order valence-corrected chi connectivity index (χ1v) is 25.9. The second-order valence-corrected chi connectivity index (χ2v) is 19.8. The summed E-state index contributed by atoms with van der Waals surface area (Å²) in [6.07, 6.45) is 8.36. The molecule has 404 valence electrons. The second-order valence-electron chi connectivity index (χ2n) is 19.8. The van der Waals surface area contributed by atoms with Crippen LogP contribution >= 0.6 is 0 Å². The SMILES string of the molecule is COC[C@@H](C)N1CCc2cc(Nc3cc4cc(-c5cnc6c(c5C)NCCO6)nc(N)c4cn3)nn2CC1=O.COC[C@H](C)N1CCc2cc(Nc3cc4cc(-c5cnc6c(c5C)NCCO6)nc(N)c4cn3)nn2CC1=O. The number of anilines is 8. The Labute approximate surface area is 449 Å². The summed E-state index contributed by atoms with van der Waals surface area (Å²) in [5, 5.41) is 25.8. The molecule has 12 rings (SSSR count). The molecule has 4 aliphatic heterocycles. The Morgan fingerprint density at radius 1 is 0.615 bits per heavy atom. The summed E-state index contributed by atoms with van der Waals surface area (Å²) in [5.41, 5.74) is 21.6. The molecule has 2 atom stereocenters. The highest BCUT2D eigenvalue weighted by Gasteiger charge is 2.28. The van der Waals surface area contributed by atoms with Gasteiger partial charge in [0.2, 0.25) is 23.6 Å². The Morgan fingerprint density at radius 3 is 1.47 bits per heavy atom. The number of fused-ring (bicyclic) bond motifs is 6. The first kappa shape index (κ1) is 51.2. The van der Waals surface area contributed by atoms with Crippen LogP contribution in [0.2, 0.25) is 0 Å². The Kier molecular flexibility index (Phi) is 14.2. The van der Waals surface area contributed by atoms with Crippen LogP contribution in [0.4, 0.5) is 46.3 Å². The van der Waals surface area contributed by atoms with Gasteiger partial charge in [0, 0.05) is 123 Å². The Morgan fingerprint density at radius 2 is 1.05 bits per heavy atom. The van der Waals surface area contributed by atoms with Gasteiger partial charge >= 0.3 is 0 Å². The number of ether oxygens (including phenoxy) is 4. The number of carbonyl (C=O) groups is 2. The highest BCUT2D eigenvalue weighted by molar-refractivity contribution is 5.96. The minimum Gasteiger partial charge on any atom is -0.474 e. The maximum absolute atomic E-state index is 12.8. The summed E-state index contributed by atoms with van der Waals surface area (Å²) in [6, 6.07) is 11.8. The zero-order valence-corrected chi connectivity index (χ0v) is 44.4. The maximum Gasteiger partial charge on any atom is 0.244 e. The number of amides is 2. The number of hydrogen-bond donors (Lipinski definition) is 6. The molecule has 0 aromatic carbocycles. The highest BCUT2D eigenvalue weighted by Crippen LogP contribution is 2.38. The topological polar surface area (TPSA) is 291 Å². The van der Waals surface area contributed by atoms with Crippen LogP contribution in [-0.2, 0) is 45.0 Å². The molecule has 0 unspecified atom stereocenters. The quantitative estimate of drug-likeness (QED) is 0.0881. The fourth-order valence-corrected chi connectivity index (χ4v) is 10.4. The van der Waals surface area contributed by atoms with Crippen molar-refractivity contribution in [1.29, 1.82) is 0 Å². The fourth-order valence-electron chi connectivity index (χ4n) is 10.4. The van der Waals surface area contributed by atoms with Crippen LogP contribution in [0.5, 0.6) is 11.8 Å². The number of pyridine rings is 6. The predicted octanol–water partition coefficient (Wildman–Crippen LogP) is 5.49. The van der Waals surface area contributed by atoms with E-state index in [0.717, 1.165) is 91.0 Å². The van der Waals surface area contributed by atoms with Gasteiger partial charge in [-0.1, -0.05) is 0 Å². The molecule has 24 nitrogen and oxygen atoms in total. The summed E-state index contributed by atoms with van der Waals surface area (Å²) < 4.78 is 25.3. The third kappa shape index (κ3) is 10.3. The van der Waals surface area contributed by atoms with Crippen LogP contribution in [0.15, 0.2) is 61.2 Å². The predicted molar refractivity (Wildman–Crippen MR) is 296 cm³/mol. The van der Waals surface area contributed by atoms with Crippen molar-refractivity contribution in [2.75, 3.05) is 99.6 Å². The molecule has 0 spiro atoms. The number of methoxy groups -OCH3 is 2. The summed E-state index contributed by atoms with van der Waals surface area (Å²) in [6.45, 7) is 13.3. The normalized spacial score (nSPS) is 15.7. The first-order chi connectivity index (χ1) is 37.8. The number of hydrogen-bond acceptors (Lipinski definition) is 20. The van der Waals surface area contributed by atoms with E-state index < -0.39 is 0 Å². The van der Waals surface area contributed by atoms with Crippen molar-refractivity contribution in [2.24, 2.45) is 0 Å². The molecule has 8 N–H and O–H groups in total. The average molecular weight is 1060 g/mol. The maximum atomic E-state index is 12.8. The van der Waals surface area contributed by atoms with Gasteiger partial charge < -0.3 is 61.5 Å². The second kappa shape index (κ2) is 21.6. The molecule has 0 saturated carbocycles. The van der Waals surface area contributed by atoms with E-state index >= 15 is 0 Å². The number of nitrogens with zero attached hydrogens (tertiary/aromatic N) is 12. The van der Waals surface area contributed by atoms with Gasteiger partial charge in [0.25, 0.3) is 0 Å². The molecule has 24 heteroatoms. The van der Waals surface area contributed by atoms with Crippen LogP contribution in [-0.4, -0.2) is 150 Å². The van der Waals surface area contributed by atoms with Crippen molar-refractivity contribution in [3.8, 4) is 34.3 Å². The summed E-state index contributed by atoms with van der Waals surface area (Å²) in [5.74, 6) is 4.53. The molecule has 78 heavy (non-hydrogen) atoms. The van der Waals surface area contributed by atoms with E-state index in [9.17, 15) is 9.59 Å². The van der Waals surface area contributed by atoms with E-state index in [-0.39, 0.29) is 37.0 Å². The van der Waals surface area contributed by atoms with Crippen LogP contribution in [0.1, 0.15) is 36.4 Å². The molecule has 8 aromatic heterocycles. The van der Waals surface area contributed by atoms with Crippen LogP contribution in [0.3, 0.4) is 0 Å².